The Morgan fingerprint density at radius 1 is 1.39 bits per heavy atom. The van der Waals surface area contributed by atoms with E-state index < -0.39 is 0 Å². The summed E-state index contributed by atoms with van der Waals surface area (Å²) in [5.41, 5.74) is 2.26. The number of hydrogen-bond donors (Lipinski definition) is 1. The Bertz CT molecular complexity index is 708. The summed E-state index contributed by atoms with van der Waals surface area (Å²) < 4.78 is 2.08. The van der Waals surface area contributed by atoms with Gasteiger partial charge in [-0.15, -0.1) is 10.2 Å². The highest BCUT2D eigenvalue weighted by Gasteiger charge is 2.27. The van der Waals surface area contributed by atoms with Gasteiger partial charge in [-0.3, -0.25) is 4.79 Å². The zero-order valence-corrected chi connectivity index (χ0v) is 14.6. The van der Waals surface area contributed by atoms with Gasteiger partial charge < -0.3 is 9.88 Å². The molecule has 0 spiro atoms. The van der Waals surface area contributed by atoms with Crippen LogP contribution in [0.15, 0.2) is 29.4 Å². The minimum Gasteiger partial charge on any atom is -0.352 e. The van der Waals surface area contributed by atoms with Crippen LogP contribution in [0.4, 0.5) is 0 Å². The van der Waals surface area contributed by atoms with Crippen molar-refractivity contribution < 1.29 is 4.79 Å². The smallest absolute Gasteiger partial charge is 0.233 e. The van der Waals surface area contributed by atoms with Crippen LogP contribution in [0.2, 0.25) is 0 Å². The van der Waals surface area contributed by atoms with Crippen LogP contribution in [0.5, 0.6) is 0 Å². The minimum absolute atomic E-state index is 0.0839. The van der Waals surface area contributed by atoms with Crippen LogP contribution in [-0.2, 0) is 11.3 Å². The maximum Gasteiger partial charge on any atom is 0.233 e. The van der Waals surface area contributed by atoms with Gasteiger partial charge in [-0.05, 0) is 39.2 Å². The molecule has 1 aliphatic carbocycles. The lowest BCUT2D eigenvalue weighted by molar-refractivity contribution is -0.120. The Morgan fingerprint density at radius 2 is 2.13 bits per heavy atom. The number of nitrogens with one attached hydrogen (secondary N) is 1. The molecule has 0 aliphatic heterocycles. The first-order valence-corrected chi connectivity index (χ1v) is 8.94. The van der Waals surface area contributed by atoms with Crippen molar-refractivity contribution in [3.63, 3.8) is 0 Å². The second kappa shape index (κ2) is 6.74. The molecule has 1 aliphatic rings. The lowest BCUT2D eigenvalue weighted by atomic mass is 10.1. The number of hydrogen-bond acceptors (Lipinski definition) is 4. The van der Waals surface area contributed by atoms with Crippen LogP contribution >= 0.6 is 11.8 Å². The van der Waals surface area contributed by atoms with Crippen molar-refractivity contribution in [2.24, 2.45) is 0 Å². The Hall–Kier alpha value is -1.82. The number of aryl methyl sites for hydroxylation is 1. The number of rotatable bonds is 6. The highest BCUT2D eigenvalue weighted by molar-refractivity contribution is 8.00. The molecule has 0 saturated heterocycles. The third-order valence-electron chi connectivity index (χ3n) is 3.99. The van der Waals surface area contributed by atoms with Crippen molar-refractivity contribution in [1.82, 2.24) is 20.1 Å². The van der Waals surface area contributed by atoms with Gasteiger partial charge in [0.2, 0.25) is 5.91 Å². The summed E-state index contributed by atoms with van der Waals surface area (Å²) in [6, 6.07) is 8.55. The Labute approximate surface area is 140 Å². The normalized spacial score (nSPS) is 15.4. The number of aromatic nitrogens is 3. The van der Waals surface area contributed by atoms with Gasteiger partial charge >= 0.3 is 0 Å². The summed E-state index contributed by atoms with van der Waals surface area (Å²) in [6.07, 6.45) is 2.21. The minimum atomic E-state index is -0.171. The third-order valence-corrected chi connectivity index (χ3v) is 5.07. The molecule has 1 aromatic heterocycles. The highest BCUT2D eigenvalue weighted by Crippen LogP contribution is 2.29. The number of thioether (sulfide) groups is 1. The molecule has 2 aromatic rings. The van der Waals surface area contributed by atoms with E-state index in [-0.39, 0.29) is 11.2 Å². The van der Waals surface area contributed by atoms with Gasteiger partial charge in [0.05, 0.1) is 5.25 Å². The van der Waals surface area contributed by atoms with E-state index in [9.17, 15) is 4.79 Å². The fraction of sp³-hybridized carbons (Fsp3) is 0.471. The van der Waals surface area contributed by atoms with E-state index in [2.05, 4.69) is 46.1 Å². The molecule has 0 bridgehead atoms. The molecule has 23 heavy (non-hydrogen) atoms. The summed E-state index contributed by atoms with van der Waals surface area (Å²) >= 11 is 1.47. The van der Waals surface area contributed by atoms with E-state index in [1.165, 1.54) is 17.3 Å². The summed E-state index contributed by atoms with van der Waals surface area (Å²) in [7, 11) is 0. The first kappa shape index (κ1) is 16.1. The molecule has 5 nitrogen and oxygen atoms in total. The van der Waals surface area contributed by atoms with Crippen molar-refractivity contribution in [1.29, 1.82) is 0 Å². The van der Waals surface area contributed by atoms with Crippen LogP contribution < -0.4 is 5.32 Å². The summed E-state index contributed by atoms with van der Waals surface area (Å²) in [4.78, 5) is 12.1. The summed E-state index contributed by atoms with van der Waals surface area (Å²) in [6.45, 7) is 6.84. The monoisotopic (exact) mass is 330 g/mol. The predicted octanol–water partition coefficient (Wildman–Crippen LogP) is 3.03. The molecule has 1 heterocycles. The molecule has 3 rings (SSSR count). The Kier molecular flexibility index (Phi) is 4.71. The molecule has 1 amide bonds. The van der Waals surface area contributed by atoms with E-state index in [4.69, 9.17) is 0 Å². The average molecular weight is 330 g/mol. The molecule has 6 heteroatoms. The van der Waals surface area contributed by atoms with E-state index in [1.54, 1.807) is 0 Å². The maximum absolute atomic E-state index is 12.1. The molecule has 1 fully saturated rings. The van der Waals surface area contributed by atoms with Gasteiger partial charge in [0.25, 0.3) is 0 Å². The van der Waals surface area contributed by atoms with E-state index in [0.29, 0.717) is 6.04 Å². The first-order chi connectivity index (χ1) is 11.1. The van der Waals surface area contributed by atoms with Crippen LogP contribution in [0.3, 0.4) is 0 Å². The van der Waals surface area contributed by atoms with Crippen LogP contribution in [0.1, 0.15) is 32.3 Å². The number of amides is 1. The molecule has 0 radical (unpaired) electrons. The predicted molar refractivity (Wildman–Crippen MR) is 92.4 cm³/mol. The topological polar surface area (TPSA) is 59.8 Å². The van der Waals surface area contributed by atoms with Crippen molar-refractivity contribution in [3.8, 4) is 11.4 Å². The first-order valence-electron chi connectivity index (χ1n) is 8.06. The van der Waals surface area contributed by atoms with Crippen LogP contribution in [0.25, 0.3) is 11.4 Å². The fourth-order valence-electron chi connectivity index (χ4n) is 2.44. The van der Waals surface area contributed by atoms with Gasteiger partial charge in [-0.25, -0.2) is 0 Å². The number of carbonyl (C=O) groups excluding carboxylic acids is 1. The zero-order valence-electron chi connectivity index (χ0n) is 13.7. The van der Waals surface area contributed by atoms with Gasteiger partial charge in [-0.2, -0.15) is 0 Å². The molecule has 1 saturated carbocycles. The van der Waals surface area contributed by atoms with Gasteiger partial charge in [0.1, 0.15) is 0 Å². The quantitative estimate of drug-likeness (QED) is 0.827. The van der Waals surface area contributed by atoms with E-state index in [1.807, 2.05) is 19.1 Å². The van der Waals surface area contributed by atoms with Gasteiger partial charge in [0.15, 0.2) is 11.0 Å². The lowest BCUT2D eigenvalue weighted by Crippen LogP contribution is -2.32. The number of carbonyl (C=O) groups is 1. The van der Waals surface area contributed by atoms with Crippen molar-refractivity contribution in [3.05, 3.63) is 29.8 Å². The van der Waals surface area contributed by atoms with Crippen molar-refractivity contribution in [2.45, 2.75) is 56.6 Å². The third kappa shape index (κ3) is 3.58. The SMILES string of the molecule is CCn1c(S[C@@H](C)C(=O)NC2CC2)nnc1-c1ccccc1C. The Morgan fingerprint density at radius 3 is 2.78 bits per heavy atom. The molecular weight excluding hydrogens is 308 g/mol. The standard InChI is InChI=1S/C17H22N4OS/c1-4-21-15(14-8-6-5-7-11(14)2)19-20-17(21)23-12(3)16(22)18-13-9-10-13/h5-8,12-13H,4,9-10H2,1-3H3,(H,18,22)/t12-/m0/s1. The molecule has 1 N–H and O–H groups in total. The lowest BCUT2D eigenvalue weighted by Gasteiger charge is -2.13. The molecule has 1 atom stereocenters. The van der Waals surface area contributed by atoms with E-state index >= 15 is 0 Å². The summed E-state index contributed by atoms with van der Waals surface area (Å²) in [5, 5.41) is 12.3. The van der Waals surface area contributed by atoms with Crippen molar-refractivity contribution >= 4 is 17.7 Å². The second-order valence-electron chi connectivity index (χ2n) is 5.91. The number of nitrogens with zero attached hydrogens (tertiary/aromatic N) is 3. The molecule has 1 aromatic carbocycles. The Balaban J connectivity index is 1.80. The van der Waals surface area contributed by atoms with Crippen LogP contribution in [0, 0.1) is 6.92 Å². The fourth-order valence-corrected chi connectivity index (χ4v) is 3.36. The second-order valence-corrected chi connectivity index (χ2v) is 7.22. The van der Waals surface area contributed by atoms with Gasteiger partial charge in [0, 0.05) is 18.2 Å². The highest BCUT2D eigenvalue weighted by atomic mass is 32.2. The van der Waals surface area contributed by atoms with E-state index in [0.717, 1.165) is 35.9 Å². The number of benzene rings is 1. The maximum atomic E-state index is 12.1. The van der Waals surface area contributed by atoms with Gasteiger partial charge in [-0.1, -0.05) is 36.0 Å². The zero-order chi connectivity index (χ0) is 16.4. The summed E-state index contributed by atoms with van der Waals surface area (Å²) in [5.74, 6) is 0.948. The van der Waals surface area contributed by atoms with Crippen LogP contribution in [-0.4, -0.2) is 32.0 Å². The molecule has 0 unspecified atom stereocenters. The largest absolute Gasteiger partial charge is 0.352 e. The molecular formula is C17H22N4OS. The van der Waals surface area contributed by atoms with Crippen molar-refractivity contribution in [2.75, 3.05) is 0 Å². The molecule has 122 valence electrons. The average Bonchev–Trinajstić information content (AvgIpc) is 3.26.